The molecule has 1 aromatic rings. The maximum absolute atomic E-state index is 11.7. The van der Waals surface area contributed by atoms with Crippen molar-refractivity contribution in [2.75, 3.05) is 11.9 Å². The van der Waals surface area contributed by atoms with Crippen LogP contribution in [0.25, 0.3) is 0 Å². The summed E-state index contributed by atoms with van der Waals surface area (Å²) >= 11 is 0. The molecule has 0 radical (unpaired) electrons. The van der Waals surface area contributed by atoms with Gasteiger partial charge in [0.05, 0.1) is 11.4 Å². The van der Waals surface area contributed by atoms with Crippen LogP contribution >= 0.6 is 0 Å². The van der Waals surface area contributed by atoms with E-state index < -0.39 is 0 Å². The maximum Gasteiger partial charge on any atom is 0.268 e. The fourth-order valence-electron chi connectivity index (χ4n) is 1.81. The molecule has 0 aliphatic carbocycles. The lowest BCUT2D eigenvalue weighted by molar-refractivity contribution is 0.529. The van der Waals surface area contributed by atoms with Crippen LogP contribution in [0.2, 0.25) is 0 Å². The number of fused-ring (bicyclic) bond motifs is 1. The van der Waals surface area contributed by atoms with Crippen molar-refractivity contribution in [1.82, 2.24) is 9.78 Å². The second-order valence-electron chi connectivity index (χ2n) is 3.95. The minimum Gasteiger partial charge on any atom is -0.383 e. The van der Waals surface area contributed by atoms with Crippen LogP contribution in [-0.2, 0) is 13.0 Å². The first-order valence-electron chi connectivity index (χ1n) is 5.66. The van der Waals surface area contributed by atoms with Crippen molar-refractivity contribution in [1.29, 1.82) is 0 Å². The van der Waals surface area contributed by atoms with E-state index in [0.717, 1.165) is 50.2 Å². The molecule has 1 aliphatic rings. The fourth-order valence-corrected chi connectivity index (χ4v) is 1.81. The van der Waals surface area contributed by atoms with Gasteiger partial charge in [-0.2, -0.15) is 5.10 Å². The molecule has 4 nitrogen and oxygen atoms in total. The molecule has 0 aromatic carbocycles. The van der Waals surface area contributed by atoms with Gasteiger partial charge in [0.25, 0.3) is 5.56 Å². The number of aromatic nitrogens is 2. The van der Waals surface area contributed by atoms with Crippen LogP contribution in [0.15, 0.2) is 10.9 Å². The van der Waals surface area contributed by atoms with Crippen LogP contribution in [0.3, 0.4) is 0 Å². The van der Waals surface area contributed by atoms with Crippen molar-refractivity contribution in [3.05, 3.63) is 22.1 Å². The Morgan fingerprint density at radius 1 is 1.60 bits per heavy atom. The van der Waals surface area contributed by atoms with E-state index in [-0.39, 0.29) is 5.56 Å². The molecule has 0 atom stereocenters. The highest BCUT2D eigenvalue weighted by atomic mass is 16.1. The van der Waals surface area contributed by atoms with Crippen LogP contribution in [0, 0.1) is 0 Å². The van der Waals surface area contributed by atoms with Gasteiger partial charge in [0.15, 0.2) is 0 Å². The summed E-state index contributed by atoms with van der Waals surface area (Å²) in [6.07, 6.45) is 4.18. The third-order valence-corrected chi connectivity index (χ3v) is 2.70. The van der Waals surface area contributed by atoms with E-state index in [0.29, 0.717) is 0 Å². The molecule has 1 N–H and O–H groups in total. The Morgan fingerprint density at radius 3 is 3.27 bits per heavy atom. The summed E-state index contributed by atoms with van der Waals surface area (Å²) in [5.41, 5.74) is 1.98. The third-order valence-electron chi connectivity index (χ3n) is 2.70. The molecule has 0 fully saturated rings. The summed E-state index contributed by atoms with van der Waals surface area (Å²) in [4.78, 5) is 11.7. The minimum absolute atomic E-state index is 0.0107. The van der Waals surface area contributed by atoms with Gasteiger partial charge in [-0.25, -0.2) is 4.68 Å². The van der Waals surface area contributed by atoms with Crippen LogP contribution in [-0.4, -0.2) is 16.3 Å². The second kappa shape index (κ2) is 4.47. The fraction of sp³-hybridized carbons (Fsp3) is 0.636. The number of hydrogen-bond acceptors (Lipinski definition) is 3. The third kappa shape index (κ3) is 2.19. The normalized spacial score (nSPS) is 14.5. The Bertz CT molecular complexity index is 397. The van der Waals surface area contributed by atoms with Gasteiger partial charge < -0.3 is 5.32 Å². The van der Waals surface area contributed by atoms with E-state index in [1.165, 1.54) is 0 Å². The summed E-state index contributed by atoms with van der Waals surface area (Å²) in [5.74, 6) is 0. The summed E-state index contributed by atoms with van der Waals surface area (Å²) in [6, 6.07) is 1.68. The molecule has 0 saturated heterocycles. The van der Waals surface area contributed by atoms with Crippen LogP contribution in [0.4, 0.5) is 5.69 Å². The number of rotatable bonds is 3. The number of unbranched alkanes of at least 4 members (excludes halogenated alkanes) is 1. The van der Waals surface area contributed by atoms with Gasteiger partial charge in [-0.3, -0.25) is 4.79 Å². The zero-order valence-electron chi connectivity index (χ0n) is 9.12. The van der Waals surface area contributed by atoms with Gasteiger partial charge in [-0.05, 0) is 19.3 Å². The SMILES string of the molecule is CCCCn1nc2c(cc1=O)NCCC2. The first-order chi connectivity index (χ1) is 7.31. The number of nitrogens with zero attached hydrogens (tertiary/aromatic N) is 2. The molecule has 1 aromatic heterocycles. The lowest BCUT2D eigenvalue weighted by Gasteiger charge is -2.17. The van der Waals surface area contributed by atoms with E-state index in [1.807, 2.05) is 0 Å². The lowest BCUT2D eigenvalue weighted by atomic mass is 10.1. The molecule has 1 aliphatic heterocycles. The maximum atomic E-state index is 11.7. The van der Waals surface area contributed by atoms with E-state index in [2.05, 4.69) is 17.3 Å². The molecule has 0 spiro atoms. The zero-order valence-corrected chi connectivity index (χ0v) is 9.12. The van der Waals surface area contributed by atoms with Gasteiger partial charge in [-0.1, -0.05) is 13.3 Å². The van der Waals surface area contributed by atoms with E-state index in [9.17, 15) is 4.79 Å². The van der Waals surface area contributed by atoms with E-state index in [4.69, 9.17) is 0 Å². The highest BCUT2D eigenvalue weighted by Gasteiger charge is 2.12. The minimum atomic E-state index is 0.0107. The molecular formula is C11H17N3O. The topological polar surface area (TPSA) is 46.9 Å². The summed E-state index contributed by atoms with van der Waals surface area (Å²) < 4.78 is 1.59. The second-order valence-corrected chi connectivity index (χ2v) is 3.95. The van der Waals surface area contributed by atoms with Crippen LogP contribution in [0.1, 0.15) is 31.9 Å². The van der Waals surface area contributed by atoms with Crippen molar-refractivity contribution in [3.63, 3.8) is 0 Å². The Hall–Kier alpha value is -1.32. The van der Waals surface area contributed by atoms with Gasteiger partial charge in [0.2, 0.25) is 0 Å². The van der Waals surface area contributed by atoms with Crippen molar-refractivity contribution >= 4 is 5.69 Å². The predicted octanol–water partition coefficient (Wildman–Crippen LogP) is 1.40. The van der Waals surface area contributed by atoms with Gasteiger partial charge in [-0.15, -0.1) is 0 Å². The van der Waals surface area contributed by atoms with Gasteiger partial charge in [0.1, 0.15) is 0 Å². The van der Waals surface area contributed by atoms with Crippen molar-refractivity contribution in [3.8, 4) is 0 Å². The predicted molar refractivity (Wildman–Crippen MR) is 60.2 cm³/mol. The number of aryl methyl sites for hydroxylation is 2. The molecule has 15 heavy (non-hydrogen) atoms. The number of anilines is 1. The molecule has 2 heterocycles. The first-order valence-corrected chi connectivity index (χ1v) is 5.66. The highest BCUT2D eigenvalue weighted by molar-refractivity contribution is 5.48. The summed E-state index contributed by atoms with van der Waals surface area (Å²) in [5, 5.41) is 7.60. The standard InChI is InChI=1S/C11H17N3O/c1-2-3-7-14-11(15)8-10-9(13-14)5-4-6-12-10/h8,12H,2-7H2,1H3. The Morgan fingerprint density at radius 2 is 2.47 bits per heavy atom. The average molecular weight is 207 g/mol. The van der Waals surface area contributed by atoms with Crippen molar-refractivity contribution in [2.45, 2.75) is 39.2 Å². The molecular weight excluding hydrogens is 190 g/mol. The Kier molecular flexibility index (Phi) is 3.04. The quantitative estimate of drug-likeness (QED) is 0.815. The summed E-state index contributed by atoms with van der Waals surface area (Å²) in [7, 11) is 0. The van der Waals surface area contributed by atoms with Crippen LogP contribution in [0.5, 0.6) is 0 Å². The monoisotopic (exact) mass is 207 g/mol. The molecule has 2 rings (SSSR count). The summed E-state index contributed by atoms with van der Waals surface area (Å²) in [6.45, 7) is 3.81. The molecule has 82 valence electrons. The van der Waals surface area contributed by atoms with Crippen molar-refractivity contribution < 1.29 is 0 Å². The zero-order chi connectivity index (χ0) is 10.7. The van der Waals surface area contributed by atoms with Gasteiger partial charge in [0, 0.05) is 19.2 Å². The van der Waals surface area contributed by atoms with Crippen LogP contribution < -0.4 is 10.9 Å². The smallest absolute Gasteiger partial charge is 0.268 e. The number of hydrogen-bond donors (Lipinski definition) is 1. The highest BCUT2D eigenvalue weighted by Crippen LogP contribution is 2.16. The average Bonchev–Trinajstić information content (AvgIpc) is 2.26. The molecule has 0 saturated carbocycles. The van der Waals surface area contributed by atoms with E-state index in [1.54, 1.807) is 10.7 Å². The first kappa shape index (κ1) is 10.2. The number of nitrogens with one attached hydrogen (secondary N) is 1. The molecule has 0 unspecified atom stereocenters. The molecule has 0 bridgehead atoms. The van der Waals surface area contributed by atoms with Crippen molar-refractivity contribution in [2.24, 2.45) is 0 Å². The van der Waals surface area contributed by atoms with Gasteiger partial charge >= 0.3 is 0 Å². The largest absolute Gasteiger partial charge is 0.383 e. The van der Waals surface area contributed by atoms with E-state index >= 15 is 0 Å². The molecule has 4 heteroatoms. The molecule has 0 amide bonds. The lowest BCUT2D eigenvalue weighted by Crippen LogP contribution is -2.27. The Balaban J connectivity index is 2.28. The Labute approximate surface area is 89.3 Å².